The van der Waals surface area contributed by atoms with E-state index in [9.17, 15) is 4.79 Å². The van der Waals surface area contributed by atoms with Crippen LogP contribution in [-0.2, 0) is 11.3 Å². The summed E-state index contributed by atoms with van der Waals surface area (Å²) >= 11 is 0. The second kappa shape index (κ2) is 4.11. The molecule has 2 fully saturated rings. The van der Waals surface area contributed by atoms with Gasteiger partial charge in [0.15, 0.2) is 0 Å². The fraction of sp³-hybridized carbons (Fsp3) is 0.714. The zero-order chi connectivity index (χ0) is 12.8. The molecule has 1 atom stereocenters. The summed E-state index contributed by atoms with van der Waals surface area (Å²) in [6.45, 7) is 6.11. The van der Waals surface area contributed by atoms with Crippen LogP contribution in [0, 0.1) is 11.3 Å². The van der Waals surface area contributed by atoms with E-state index >= 15 is 0 Å². The third-order valence-corrected chi connectivity index (χ3v) is 4.48. The highest BCUT2D eigenvalue weighted by Gasteiger charge is 2.55. The lowest BCUT2D eigenvalue weighted by Crippen LogP contribution is -2.41. The van der Waals surface area contributed by atoms with Crippen molar-refractivity contribution in [1.82, 2.24) is 15.1 Å². The number of nitrogens with zero attached hydrogens (tertiary/aromatic N) is 2. The van der Waals surface area contributed by atoms with Gasteiger partial charge < -0.3 is 5.32 Å². The molecule has 1 saturated carbocycles. The summed E-state index contributed by atoms with van der Waals surface area (Å²) in [5, 5.41) is 7.48. The van der Waals surface area contributed by atoms with Crippen molar-refractivity contribution in [1.29, 1.82) is 0 Å². The van der Waals surface area contributed by atoms with Gasteiger partial charge in [-0.25, -0.2) is 0 Å². The van der Waals surface area contributed by atoms with Gasteiger partial charge in [0.25, 0.3) is 0 Å². The number of carbonyl (C=O) groups is 1. The minimum atomic E-state index is -0.116. The van der Waals surface area contributed by atoms with Gasteiger partial charge in [0, 0.05) is 30.9 Å². The molecular formula is C14H21N3O. The second-order valence-corrected chi connectivity index (χ2v) is 6.10. The van der Waals surface area contributed by atoms with Crippen molar-refractivity contribution in [2.45, 2.75) is 45.6 Å². The number of hydrogen-bond acceptors (Lipinski definition) is 2. The van der Waals surface area contributed by atoms with Gasteiger partial charge in [0.1, 0.15) is 0 Å². The van der Waals surface area contributed by atoms with Crippen molar-refractivity contribution in [3.63, 3.8) is 0 Å². The third kappa shape index (κ3) is 1.58. The fourth-order valence-corrected chi connectivity index (χ4v) is 3.38. The molecule has 0 bridgehead atoms. The molecule has 1 saturated heterocycles. The van der Waals surface area contributed by atoms with Gasteiger partial charge in [0.05, 0.1) is 5.41 Å². The van der Waals surface area contributed by atoms with E-state index in [2.05, 4.69) is 35.0 Å². The van der Waals surface area contributed by atoms with Crippen LogP contribution >= 0.6 is 0 Å². The molecule has 18 heavy (non-hydrogen) atoms. The van der Waals surface area contributed by atoms with E-state index in [1.54, 1.807) is 0 Å². The Balaban J connectivity index is 1.91. The van der Waals surface area contributed by atoms with E-state index in [0.717, 1.165) is 25.9 Å². The van der Waals surface area contributed by atoms with E-state index in [1.807, 2.05) is 6.20 Å². The summed E-state index contributed by atoms with van der Waals surface area (Å²) in [7, 11) is 0. The van der Waals surface area contributed by atoms with Gasteiger partial charge in [-0.2, -0.15) is 5.10 Å². The molecule has 3 rings (SSSR count). The van der Waals surface area contributed by atoms with Crippen molar-refractivity contribution in [3.8, 4) is 0 Å². The molecule has 1 aromatic rings. The molecule has 4 heteroatoms. The SMILES string of the molecule is CC(C)Cn1nccc1C1CNC(=O)C12CCC2. The topological polar surface area (TPSA) is 46.9 Å². The summed E-state index contributed by atoms with van der Waals surface area (Å²) in [5.74, 6) is 1.15. The van der Waals surface area contributed by atoms with Crippen LogP contribution in [0.4, 0.5) is 0 Å². The Morgan fingerprint density at radius 1 is 1.56 bits per heavy atom. The highest BCUT2D eigenvalue weighted by Crippen LogP contribution is 2.53. The average Bonchev–Trinajstić information content (AvgIpc) is 2.80. The maximum atomic E-state index is 12.1. The molecule has 2 heterocycles. The van der Waals surface area contributed by atoms with Crippen LogP contribution in [0.5, 0.6) is 0 Å². The van der Waals surface area contributed by atoms with Crippen LogP contribution in [0.25, 0.3) is 0 Å². The molecule has 1 unspecified atom stereocenters. The zero-order valence-electron chi connectivity index (χ0n) is 11.1. The van der Waals surface area contributed by atoms with E-state index in [1.165, 1.54) is 12.1 Å². The minimum Gasteiger partial charge on any atom is -0.355 e. The van der Waals surface area contributed by atoms with Gasteiger partial charge in [0.2, 0.25) is 5.91 Å². The molecule has 1 amide bonds. The van der Waals surface area contributed by atoms with E-state index in [0.29, 0.717) is 11.8 Å². The molecule has 0 aromatic carbocycles. The van der Waals surface area contributed by atoms with Crippen LogP contribution in [0.2, 0.25) is 0 Å². The number of nitrogens with one attached hydrogen (secondary N) is 1. The van der Waals surface area contributed by atoms with Crippen molar-refractivity contribution in [3.05, 3.63) is 18.0 Å². The van der Waals surface area contributed by atoms with Gasteiger partial charge in [-0.1, -0.05) is 20.3 Å². The monoisotopic (exact) mass is 247 g/mol. The van der Waals surface area contributed by atoms with Crippen molar-refractivity contribution >= 4 is 5.91 Å². The largest absolute Gasteiger partial charge is 0.355 e. The first-order valence-electron chi connectivity index (χ1n) is 6.93. The Hall–Kier alpha value is -1.32. The number of hydrogen-bond donors (Lipinski definition) is 1. The lowest BCUT2D eigenvalue weighted by Gasteiger charge is -2.40. The molecule has 1 aromatic heterocycles. The number of amides is 1. The quantitative estimate of drug-likeness (QED) is 0.887. The maximum absolute atomic E-state index is 12.1. The standard InChI is InChI=1S/C14H21N3O/c1-10(2)9-17-12(4-7-16-17)11-8-15-13(18)14(11)5-3-6-14/h4,7,10-11H,3,5-6,8-9H2,1-2H3,(H,15,18). The Morgan fingerprint density at radius 3 is 2.94 bits per heavy atom. The molecule has 98 valence electrons. The number of rotatable bonds is 3. The molecule has 4 nitrogen and oxygen atoms in total. The predicted octanol–water partition coefficient (Wildman–Crippen LogP) is 1.92. The van der Waals surface area contributed by atoms with Crippen LogP contribution in [0.15, 0.2) is 12.3 Å². The normalized spacial score (nSPS) is 25.5. The summed E-state index contributed by atoms with van der Waals surface area (Å²) in [6.07, 6.45) is 5.13. The number of aromatic nitrogens is 2. The first-order valence-corrected chi connectivity index (χ1v) is 6.93. The second-order valence-electron chi connectivity index (χ2n) is 6.10. The molecule has 2 aliphatic rings. The third-order valence-electron chi connectivity index (χ3n) is 4.48. The smallest absolute Gasteiger partial charge is 0.226 e. The molecule has 1 spiro atoms. The van der Waals surface area contributed by atoms with Gasteiger partial charge in [-0.15, -0.1) is 0 Å². The van der Waals surface area contributed by atoms with Gasteiger partial charge in [-0.3, -0.25) is 9.48 Å². The molecule has 1 aliphatic carbocycles. The predicted molar refractivity (Wildman–Crippen MR) is 69.1 cm³/mol. The molecule has 0 radical (unpaired) electrons. The van der Waals surface area contributed by atoms with E-state index < -0.39 is 0 Å². The van der Waals surface area contributed by atoms with E-state index in [4.69, 9.17) is 0 Å². The Kier molecular flexibility index (Phi) is 2.68. The summed E-state index contributed by atoms with van der Waals surface area (Å²) in [4.78, 5) is 12.1. The molecule has 1 aliphatic heterocycles. The zero-order valence-corrected chi connectivity index (χ0v) is 11.1. The van der Waals surface area contributed by atoms with Crippen LogP contribution in [-0.4, -0.2) is 22.2 Å². The van der Waals surface area contributed by atoms with Crippen LogP contribution < -0.4 is 5.32 Å². The highest BCUT2D eigenvalue weighted by atomic mass is 16.2. The van der Waals surface area contributed by atoms with Crippen molar-refractivity contribution < 1.29 is 4.79 Å². The summed E-state index contributed by atoms with van der Waals surface area (Å²) in [6, 6.07) is 2.09. The highest BCUT2D eigenvalue weighted by molar-refractivity contribution is 5.87. The van der Waals surface area contributed by atoms with Crippen molar-refractivity contribution in [2.24, 2.45) is 11.3 Å². The Morgan fingerprint density at radius 2 is 2.33 bits per heavy atom. The maximum Gasteiger partial charge on any atom is 0.226 e. The Labute approximate surface area is 108 Å². The minimum absolute atomic E-state index is 0.116. The Bertz CT molecular complexity index is 459. The van der Waals surface area contributed by atoms with Crippen LogP contribution in [0.1, 0.15) is 44.7 Å². The lowest BCUT2D eigenvalue weighted by molar-refractivity contribution is -0.132. The fourth-order valence-electron chi connectivity index (χ4n) is 3.38. The molecule has 1 N–H and O–H groups in total. The summed E-state index contributed by atoms with van der Waals surface area (Å²) in [5.41, 5.74) is 1.12. The first-order chi connectivity index (χ1) is 8.63. The van der Waals surface area contributed by atoms with Gasteiger partial charge in [-0.05, 0) is 24.8 Å². The number of carbonyl (C=O) groups excluding carboxylic acids is 1. The average molecular weight is 247 g/mol. The van der Waals surface area contributed by atoms with E-state index in [-0.39, 0.29) is 11.3 Å². The molecular weight excluding hydrogens is 226 g/mol. The van der Waals surface area contributed by atoms with Crippen LogP contribution in [0.3, 0.4) is 0 Å². The first kappa shape index (κ1) is 11.8. The van der Waals surface area contributed by atoms with Crippen molar-refractivity contribution in [2.75, 3.05) is 6.54 Å². The lowest BCUT2D eigenvalue weighted by atomic mass is 9.61. The summed E-state index contributed by atoms with van der Waals surface area (Å²) < 4.78 is 2.09. The van der Waals surface area contributed by atoms with Gasteiger partial charge >= 0.3 is 0 Å².